The van der Waals surface area contributed by atoms with Gasteiger partial charge < -0.3 is 5.73 Å². The summed E-state index contributed by atoms with van der Waals surface area (Å²) >= 11 is 0. The summed E-state index contributed by atoms with van der Waals surface area (Å²) in [6.45, 7) is 2.25. The van der Waals surface area contributed by atoms with E-state index >= 15 is 0 Å². The Bertz CT molecular complexity index is 536. The maximum Gasteiger partial charge on any atom is 0.175 e. The monoisotopic (exact) mass is 295 g/mol. The Balaban J connectivity index is 2.11. The Labute approximate surface area is 122 Å². The highest BCUT2D eigenvalue weighted by Gasteiger charge is 2.26. The maximum atomic E-state index is 11.5. The molecule has 1 aromatic rings. The molecule has 0 amide bonds. The lowest BCUT2D eigenvalue weighted by atomic mass is 9.75. The molecule has 0 aromatic heterocycles. The minimum atomic E-state index is -3.12. The molecule has 0 spiro atoms. The lowest BCUT2D eigenvalue weighted by Gasteiger charge is -2.32. The topological polar surface area (TPSA) is 60.2 Å². The van der Waals surface area contributed by atoms with E-state index in [1.807, 2.05) is 12.1 Å². The van der Waals surface area contributed by atoms with Gasteiger partial charge in [-0.15, -0.1) is 0 Å². The standard InChI is InChI=1S/C16H25NO2S/c1-3-12-5-4-6-14(11-12)16(17)13-7-9-15(10-8-13)20(2,18)19/h7-10,12,14,16H,3-6,11,17H2,1-2H3. The molecule has 0 saturated heterocycles. The molecule has 1 aliphatic rings. The second-order valence-corrected chi connectivity index (χ2v) is 8.08. The fraction of sp³-hybridized carbons (Fsp3) is 0.625. The van der Waals surface area contributed by atoms with Crippen molar-refractivity contribution >= 4 is 9.84 Å². The number of benzene rings is 1. The summed E-state index contributed by atoms with van der Waals surface area (Å²) in [5, 5.41) is 0. The molecular formula is C16H25NO2S. The van der Waals surface area contributed by atoms with Crippen molar-refractivity contribution in [2.45, 2.75) is 50.0 Å². The Morgan fingerprint density at radius 2 is 1.90 bits per heavy atom. The molecule has 0 heterocycles. The van der Waals surface area contributed by atoms with Crippen LogP contribution in [-0.4, -0.2) is 14.7 Å². The van der Waals surface area contributed by atoms with Crippen LogP contribution in [0.1, 0.15) is 50.6 Å². The van der Waals surface area contributed by atoms with Crippen molar-refractivity contribution in [3.05, 3.63) is 29.8 Å². The van der Waals surface area contributed by atoms with E-state index in [2.05, 4.69) is 6.92 Å². The largest absolute Gasteiger partial charge is 0.324 e. The highest BCUT2D eigenvalue weighted by molar-refractivity contribution is 7.90. The average molecular weight is 295 g/mol. The van der Waals surface area contributed by atoms with E-state index in [1.54, 1.807) is 12.1 Å². The van der Waals surface area contributed by atoms with Crippen LogP contribution in [0.25, 0.3) is 0 Å². The normalized spacial score (nSPS) is 25.4. The van der Waals surface area contributed by atoms with E-state index in [0.29, 0.717) is 10.8 Å². The van der Waals surface area contributed by atoms with E-state index < -0.39 is 9.84 Å². The van der Waals surface area contributed by atoms with Crippen molar-refractivity contribution in [2.75, 3.05) is 6.26 Å². The van der Waals surface area contributed by atoms with E-state index in [4.69, 9.17) is 5.73 Å². The number of hydrogen-bond donors (Lipinski definition) is 1. The number of rotatable bonds is 4. The van der Waals surface area contributed by atoms with Gasteiger partial charge in [-0.25, -0.2) is 8.42 Å². The van der Waals surface area contributed by atoms with E-state index in [1.165, 1.54) is 38.4 Å². The number of sulfone groups is 1. The van der Waals surface area contributed by atoms with Gasteiger partial charge in [0.15, 0.2) is 9.84 Å². The molecular weight excluding hydrogens is 270 g/mol. The first-order valence-corrected chi connectivity index (χ1v) is 9.36. The predicted octanol–water partition coefficient (Wildman–Crippen LogP) is 3.31. The molecule has 1 saturated carbocycles. The van der Waals surface area contributed by atoms with Crippen LogP contribution in [0.4, 0.5) is 0 Å². The van der Waals surface area contributed by atoms with Crippen molar-refractivity contribution in [3.8, 4) is 0 Å². The molecule has 0 bridgehead atoms. The fourth-order valence-corrected chi connectivity index (χ4v) is 3.87. The van der Waals surface area contributed by atoms with Crippen LogP contribution in [0, 0.1) is 11.8 Å². The van der Waals surface area contributed by atoms with Gasteiger partial charge in [0.2, 0.25) is 0 Å². The highest BCUT2D eigenvalue weighted by Crippen LogP contribution is 2.37. The molecule has 4 heteroatoms. The lowest BCUT2D eigenvalue weighted by Crippen LogP contribution is -2.26. The van der Waals surface area contributed by atoms with Gasteiger partial charge in [0, 0.05) is 12.3 Å². The summed E-state index contributed by atoms with van der Waals surface area (Å²) in [5.41, 5.74) is 7.45. The highest BCUT2D eigenvalue weighted by atomic mass is 32.2. The van der Waals surface area contributed by atoms with Crippen molar-refractivity contribution < 1.29 is 8.42 Å². The first-order valence-electron chi connectivity index (χ1n) is 7.47. The van der Waals surface area contributed by atoms with Crippen LogP contribution >= 0.6 is 0 Å². The first-order chi connectivity index (χ1) is 9.41. The average Bonchev–Trinajstić information content (AvgIpc) is 2.46. The first kappa shape index (κ1) is 15.5. The molecule has 2 rings (SSSR count). The Hall–Kier alpha value is -0.870. The van der Waals surface area contributed by atoms with Crippen molar-refractivity contribution in [3.63, 3.8) is 0 Å². The molecule has 20 heavy (non-hydrogen) atoms. The minimum Gasteiger partial charge on any atom is -0.324 e. The molecule has 2 N–H and O–H groups in total. The molecule has 1 fully saturated rings. The van der Waals surface area contributed by atoms with Crippen LogP contribution in [-0.2, 0) is 9.84 Å². The zero-order chi connectivity index (χ0) is 14.8. The zero-order valence-electron chi connectivity index (χ0n) is 12.4. The zero-order valence-corrected chi connectivity index (χ0v) is 13.2. The third-order valence-corrected chi connectivity index (χ3v) is 5.73. The van der Waals surface area contributed by atoms with Crippen LogP contribution in [0.5, 0.6) is 0 Å². The maximum absolute atomic E-state index is 11.5. The van der Waals surface area contributed by atoms with E-state index in [0.717, 1.165) is 11.5 Å². The minimum absolute atomic E-state index is 0.0259. The molecule has 3 nitrogen and oxygen atoms in total. The molecule has 1 aliphatic carbocycles. The summed E-state index contributed by atoms with van der Waals surface area (Å²) in [5.74, 6) is 1.33. The van der Waals surface area contributed by atoms with Gasteiger partial charge >= 0.3 is 0 Å². The fourth-order valence-electron chi connectivity index (χ4n) is 3.24. The van der Waals surface area contributed by atoms with Crippen molar-refractivity contribution in [2.24, 2.45) is 17.6 Å². The van der Waals surface area contributed by atoms with Gasteiger partial charge in [-0.2, -0.15) is 0 Å². The molecule has 0 radical (unpaired) electrons. The Kier molecular flexibility index (Phi) is 4.86. The summed E-state index contributed by atoms with van der Waals surface area (Å²) in [6.07, 6.45) is 7.44. The second-order valence-electron chi connectivity index (χ2n) is 6.07. The SMILES string of the molecule is CCC1CCCC(C(N)c2ccc(S(C)(=O)=O)cc2)C1. The third kappa shape index (κ3) is 3.61. The summed E-state index contributed by atoms with van der Waals surface area (Å²) in [6, 6.07) is 7.11. The third-order valence-electron chi connectivity index (χ3n) is 4.60. The quantitative estimate of drug-likeness (QED) is 0.927. The summed E-state index contributed by atoms with van der Waals surface area (Å²) < 4.78 is 22.9. The number of hydrogen-bond acceptors (Lipinski definition) is 3. The van der Waals surface area contributed by atoms with Gasteiger partial charge in [-0.05, 0) is 42.4 Å². The lowest BCUT2D eigenvalue weighted by molar-refractivity contribution is 0.230. The summed E-state index contributed by atoms with van der Waals surface area (Å²) in [4.78, 5) is 0.364. The molecule has 1 aromatic carbocycles. The smallest absolute Gasteiger partial charge is 0.175 e. The van der Waals surface area contributed by atoms with Crippen LogP contribution in [0.15, 0.2) is 29.2 Å². The van der Waals surface area contributed by atoms with Gasteiger partial charge in [-0.3, -0.25) is 0 Å². The Morgan fingerprint density at radius 1 is 1.25 bits per heavy atom. The number of nitrogens with two attached hydrogens (primary N) is 1. The van der Waals surface area contributed by atoms with Gasteiger partial charge in [0.25, 0.3) is 0 Å². The van der Waals surface area contributed by atoms with Crippen molar-refractivity contribution in [1.29, 1.82) is 0 Å². The van der Waals surface area contributed by atoms with Crippen molar-refractivity contribution in [1.82, 2.24) is 0 Å². The second kappa shape index (κ2) is 6.27. The molecule has 112 valence electrons. The van der Waals surface area contributed by atoms with Crippen LogP contribution < -0.4 is 5.73 Å². The van der Waals surface area contributed by atoms with Crippen LogP contribution in [0.3, 0.4) is 0 Å². The molecule has 3 unspecified atom stereocenters. The van der Waals surface area contributed by atoms with Gasteiger partial charge in [0.1, 0.15) is 0 Å². The van der Waals surface area contributed by atoms with Gasteiger partial charge in [0.05, 0.1) is 4.90 Å². The summed E-state index contributed by atoms with van der Waals surface area (Å²) in [7, 11) is -3.12. The Morgan fingerprint density at radius 3 is 2.45 bits per heavy atom. The van der Waals surface area contributed by atoms with E-state index in [-0.39, 0.29) is 6.04 Å². The molecule has 3 atom stereocenters. The van der Waals surface area contributed by atoms with E-state index in [9.17, 15) is 8.42 Å². The molecule has 0 aliphatic heterocycles. The predicted molar refractivity (Wildman–Crippen MR) is 82.2 cm³/mol. The van der Waals surface area contributed by atoms with Gasteiger partial charge in [-0.1, -0.05) is 38.3 Å². The van der Waals surface area contributed by atoms with Crippen LogP contribution in [0.2, 0.25) is 0 Å².